The monoisotopic (exact) mass is 586 g/mol. The first-order valence-corrected chi connectivity index (χ1v) is 15.4. The molecule has 3 aromatic rings. The topological polar surface area (TPSA) is 20.2 Å². The summed E-state index contributed by atoms with van der Waals surface area (Å²) in [5.74, 6) is 0.485. The van der Waals surface area contributed by atoms with E-state index in [1.807, 2.05) is 25.1 Å². The van der Waals surface area contributed by atoms with E-state index in [1.54, 1.807) is 0 Å². The van der Waals surface area contributed by atoms with Crippen LogP contribution >= 0.6 is 24.8 Å². The number of rotatable bonds is 3. The molecule has 37 heavy (non-hydrogen) atoms. The van der Waals surface area contributed by atoms with Crippen LogP contribution in [0.3, 0.4) is 0 Å². The Hall–Kier alpha value is -1.68. The summed E-state index contributed by atoms with van der Waals surface area (Å²) in [6.07, 6.45) is 8.33. The van der Waals surface area contributed by atoms with E-state index in [9.17, 15) is 5.11 Å². The molecule has 1 nitrogen and oxygen atoms in total. The molecule has 196 valence electrons. The van der Waals surface area contributed by atoms with Crippen molar-refractivity contribution in [3.63, 3.8) is 0 Å². The number of phenols is 1. The van der Waals surface area contributed by atoms with Crippen LogP contribution in [0.2, 0.25) is 13.1 Å². The molecule has 0 atom stereocenters. The molecule has 0 aromatic heterocycles. The van der Waals surface area contributed by atoms with Gasteiger partial charge in [0.05, 0.1) is 8.80 Å². The molecule has 1 radical (unpaired) electrons. The van der Waals surface area contributed by atoms with Crippen molar-refractivity contribution in [2.75, 3.05) is 0 Å². The summed E-state index contributed by atoms with van der Waals surface area (Å²) >= 11 is 2.16. The van der Waals surface area contributed by atoms with E-state index in [-0.39, 0.29) is 30.2 Å². The standard InChI is InChI=1S/C13H21OSi.C13H10.C6H7.2ClH.Ti/c1-9-7-10(13(2,3)4)12(15(5)6)11(14)8-9;1-3-7-12(8-4-1)11-13-9-5-2-6-10-13;1-6-4-2-3-5-6;;;/h7-8,14H,1-6H3;1-10H;2,4H,3H2,1H3;2*1H;/q;;-1;;;+1. The minimum absolute atomic E-state index is 0. The Morgan fingerprint density at radius 3 is 1.68 bits per heavy atom. The molecular weight excluding hydrogens is 547 g/mol. The number of hydrogen-bond donors (Lipinski definition) is 1. The molecule has 1 aliphatic carbocycles. The fourth-order valence-electron chi connectivity index (χ4n) is 3.78. The number of halogens is 2. The molecule has 0 bridgehead atoms. The molecule has 0 saturated heterocycles. The van der Waals surface area contributed by atoms with Gasteiger partial charge in [-0.1, -0.05) is 46.9 Å². The van der Waals surface area contributed by atoms with E-state index in [0.717, 1.165) is 12.0 Å². The second kappa shape index (κ2) is 17.0. The first-order chi connectivity index (χ1) is 16.5. The van der Waals surface area contributed by atoms with Crippen LogP contribution in [0.1, 0.15) is 56.4 Å². The van der Waals surface area contributed by atoms with Crippen LogP contribution < -0.4 is 5.19 Å². The summed E-state index contributed by atoms with van der Waals surface area (Å²) < 4.78 is 1.33. The number of phenolic OH excluding ortho intramolecular Hbond substituents is 1. The fourth-order valence-corrected chi connectivity index (χ4v) is 5.87. The molecule has 0 amide bonds. The van der Waals surface area contributed by atoms with Crippen LogP contribution in [0.5, 0.6) is 5.75 Å². The van der Waals surface area contributed by atoms with Crippen LogP contribution in [-0.4, -0.2) is 17.7 Å². The molecule has 1 aliphatic rings. The summed E-state index contributed by atoms with van der Waals surface area (Å²) in [4.78, 5) is 0. The van der Waals surface area contributed by atoms with Crippen LogP contribution in [0.15, 0.2) is 90.5 Å². The number of benzene rings is 3. The Morgan fingerprint density at radius 1 is 0.865 bits per heavy atom. The zero-order valence-electron chi connectivity index (χ0n) is 23.1. The first kappa shape index (κ1) is 35.3. The van der Waals surface area contributed by atoms with Crippen molar-refractivity contribution >= 4 is 42.6 Å². The molecule has 0 aliphatic heterocycles. The molecule has 1 N–H and O–H groups in total. The second-order valence-electron chi connectivity index (χ2n) is 10.0. The van der Waals surface area contributed by atoms with Crippen LogP contribution in [0, 0.1) is 13.0 Å². The zero-order valence-corrected chi connectivity index (χ0v) is 27.2. The third kappa shape index (κ3) is 11.7. The summed E-state index contributed by atoms with van der Waals surface area (Å²) in [6, 6.07) is 25.0. The fraction of sp³-hybridized carbons (Fsp3) is 0.281. The van der Waals surface area contributed by atoms with Gasteiger partial charge in [-0.2, -0.15) is 6.08 Å². The molecule has 5 heteroatoms. The number of hydrogen-bond acceptors (Lipinski definition) is 1. The number of aryl methyl sites for hydroxylation is 1. The number of allylic oxidation sites excluding steroid dienone is 4. The van der Waals surface area contributed by atoms with Crippen LogP contribution in [-0.2, 0) is 25.4 Å². The Bertz CT molecular complexity index is 1120. The quantitative estimate of drug-likeness (QED) is 0.242. The van der Waals surface area contributed by atoms with Gasteiger partial charge in [-0.15, -0.1) is 31.2 Å². The van der Waals surface area contributed by atoms with Gasteiger partial charge in [0.2, 0.25) is 0 Å². The average Bonchev–Trinajstić information content (AvgIpc) is 3.30. The molecule has 0 fully saturated rings. The van der Waals surface area contributed by atoms with Gasteiger partial charge in [0.15, 0.2) is 0 Å². The van der Waals surface area contributed by atoms with Crippen LogP contribution in [0.4, 0.5) is 0 Å². The van der Waals surface area contributed by atoms with Gasteiger partial charge >= 0.3 is 95.6 Å². The van der Waals surface area contributed by atoms with E-state index in [1.165, 1.54) is 31.3 Å². The SMILES string of the molecule is CC1=[C-]CC=C1.Cc1cc(O)c([Si](C)C)c(C(C)(C)C)c1.Cl.Cl.[Ti+]=[C](c1ccccc1)c1ccccc1. The van der Waals surface area contributed by atoms with Gasteiger partial charge in [0.1, 0.15) is 5.75 Å². The summed E-state index contributed by atoms with van der Waals surface area (Å²) in [5, 5.41) is 11.2. The average molecular weight is 588 g/mol. The first-order valence-electron chi connectivity index (χ1n) is 12.1. The number of aromatic hydroxyl groups is 1. The Kier molecular flexibility index (Phi) is 16.2. The van der Waals surface area contributed by atoms with Gasteiger partial charge in [-0.05, 0) is 34.7 Å². The normalized spacial score (nSPS) is 11.7. The van der Waals surface area contributed by atoms with Gasteiger partial charge in [-0.25, -0.2) is 11.6 Å². The van der Waals surface area contributed by atoms with E-state index in [4.69, 9.17) is 0 Å². The maximum atomic E-state index is 10.0. The second-order valence-corrected chi connectivity index (χ2v) is 13.3. The maximum absolute atomic E-state index is 10.0. The third-order valence-corrected chi connectivity index (χ3v) is 7.99. The predicted octanol–water partition coefficient (Wildman–Crippen LogP) is 8.30. The molecular formula is C32H40Cl2OSiTi. The van der Waals surface area contributed by atoms with Gasteiger partial charge in [0, 0.05) is 0 Å². The minimum atomic E-state index is -0.621. The van der Waals surface area contributed by atoms with Gasteiger partial charge in [0.25, 0.3) is 0 Å². The third-order valence-electron chi connectivity index (χ3n) is 5.56. The summed E-state index contributed by atoms with van der Waals surface area (Å²) in [6.45, 7) is 15.2. The van der Waals surface area contributed by atoms with E-state index in [2.05, 4.69) is 134 Å². The van der Waals surface area contributed by atoms with E-state index in [0.29, 0.717) is 5.75 Å². The Labute approximate surface area is 250 Å². The van der Waals surface area contributed by atoms with Crippen molar-refractivity contribution in [3.05, 3.63) is 119 Å². The van der Waals surface area contributed by atoms with Gasteiger partial charge in [-0.3, -0.25) is 6.08 Å². The van der Waals surface area contributed by atoms with Crippen molar-refractivity contribution in [1.82, 2.24) is 0 Å². The molecule has 0 heterocycles. The molecule has 0 saturated carbocycles. The molecule has 3 aromatic carbocycles. The van der Waals surface area contributed by atoms with Crippen molar-refractivity contribution in [2.45, 2.75) is 59.5 Å². The van der Waals surface area contributed by atoms with Crippen molar-refractivity contribution < 1.29 is 25.1 Å². The Balaban J connectivity index is 0.000000550. The van der Waals surface area contributed by atoms with Crippen molar-refractivity contribution in [3.8, 4) is 5.75 Å². The Morgan fingerprint density at radius 2 is 1.35 bits per heavy atom. The van der Waals surface area contributed by atoms with Crippen molar-refractivity contribution in [1.29, 1.82) is 0 Å². The van der Waals surface area contributed by atoms with E-state index < -0.39 is 8.80 Å². The molecule has 0 spiro atoms. The van der Waals surface area contributed by atoms with Crippen molar-refractivity contribution in [2.24, 2.45) is 0 Å². The molecule has 0 unspecified atom stereocenters. The van der Waals surface area contributed by atoms with Crippen LogP contribution in [0.25, 0.3) is 0 Å². The van der Waals surface area contributed by atoms with E-state index >= 15 is 0 Å². The summed E-state index contributed by atoms with van der Waals surface area (Å²) in [5.41, 5.74) is 6.41. The zero-order chi connectivity index (χ0) is 26.0. The summed E-state index contributed by atoms with van der Waals surface area (Å²) in [7, 11) is -0.621. The molecule has 4 rings (SSSR count). The van der Waals surface area contributed by atoms with Gasteiger partial charge < -0.3 is 5.11 Å². The predicted molar refractivity (Wildman–Crippen MR) is 165 cm³/mol.